The van der Waals surface area contributed by atoms with Crippen LogP contribution in [0.15, 0.2) is 0 Å². The van der Waals surface area contributed by atoms with E-state index in [4.69, 9.17) is 16.8 Å². The Kier molecular flexibility index (Phi) is 32.4. The molecule has 0 fully saturated rings. The van der Waals surface area contributed by atoms with Gasteiger partial charge in [-0.05, 0) is 112 Å². The number of hydrogen-bond donors (Lipinski definition) is 2. The average molecular weight is 702 g/mol. The zero-order valence-corrected chi connectivity index (χ0v) is 32.2. The van der Waals surface area contributed by atoms with Gasteiger partial charge < -0.3 is 26.4 Å². The summed E-state index contributed by atoms with van der Waals surface area (Å²) < 4.78 is 24.3. The van der Waals surface area contributed by atoms with Crippen LogP contribution < -0.4 is 0 Å². The molecule has 0 saturated heterocycles. The predicted molar refractivity (Wildman–Crippen MR) is 178 cm³/mol. The fourth-order valence-corrected chi connectivity index (χ4v) is 25.2. The number of rotatable bonds is 10. The monoisotopic (exact) mass is 701 g/mol. The summed E-state index contributed by atoms with van der Waals surface area (Å²) >= 11 is 0. The fourth-order valence-electron chi connectivity index (χ4n) is 3.86. The maximum absolute atomic E-state index is 9.74. The smallest absolute Gasteiger partial charge is 0.329 e. The van der Waals surface area contributed by atoms with Crippen LogP contribution in [0, 0.1) is 0 Å². The second kappa shape index (κ2) is 20.1. The molecule has 6 nitrogen and oxygen atoms in total. The van der Waals surface area contributed by atoms with Gasteiger partial charge in [-0.2, -0.15) is 0 Å². The van der Waals surface area contributed by atoms with Gasteiger partial charge in [-0.3, -0.25) is 0 Å². The molecule has 0 heterocycles. The van der Waals surface area contributed by atoms with Crippen molar-refractivity contribution in [1.29, 1.82) is 0 Å². The summed E-state index contributed by atoms with van der Waals surface area (Å²) in [6, 6.07) is 0.650. The Balaban J connectivity index is -0.0000000636. The molecule has 0 unspecified atom stereocenters. The van der Waals surface area contributed by atoms with Crippen molar-refractivity contribution in [3.05, 3.63) is 0 Å². The van der Waals surface area contributed by atoms with Crippen molar-refractivity contribution in [3.63, 3.8) is 0 Å². The summed E-state index contributed by atoms with van der Waals surface area (Å²) in [6.45, 7) is 32.8. The van der Waals surface area contributed by atoms with E-state index in [1.807, 2.05) is 26.9 Å². The van der Waals surface area contributed by atoms with Crippen LogP contribution in [-0.2, 0) is 49.5 Å². The third kappa shape index (κ3) is 43.2. The fraction of sp³-hybridized carbons (Fsp3) is 1.00. The van der Waals surface area contributed by atoms with Gasteiger partial charge in [0.2, 0.25) is 0 Å². The molecule has 0 aromatic carbocycles. The van der Waals surface area contributed by atoms with Gasteiger partial charge in [0.25, 0.3) is 0 Å². The van der Waals surface area contributed by atoms with E-state index in [2.05, 4.69) is 65.5 Å². The molecule has 0 atom stereocenters. The first kappa shape index (κ1) is 57.9. The molecular weight excluding hydrogens is 630 g/mol. The maximum atomic E-state index is 9.74. The van der Waals surface area contributed by atoms with Crippen molar-refractivity contribution >= 4 is 50.6 Å². The molecule has 13 heteroatoms. The van der Waals surface area contributed by atoms with Gasteiger partial charge in [0, 0.05) is 32.7 Å². The molecular formula is C23H72O6Si6Y. The number of hydrogen-bond acceptors (Lipinski definition) is 6. The predicted octanol–water partition coefficient (Wildman–Crippen LogP) is 8.96. The van der Waals surface area contributed by atoms with Crippen molar-refractivity contribution in [1.82, 2.24) is 0 Å². The van der Waals surface area contributed by atoms with Crippen LogP contribution in [0.4, 0.5) is 0 Å². The first-order valence-electron chi connectivity index (χ1n) is 10.8. The molecule has 0 aromatic heterocycles. The Hall–Kier alpha value is 2.17. The Bertz CT molecular complexity index is 479. The van der Waals surface area contributed by atoms with Crippen LogP contribution in [0.2, 0.25) is 97.7 Å². The minimum absolute atomic E-state index is 0. The molecule has 0 bridgehead atoms. The van der Waals surface area contributed by atoms with Crippen molar-refractivity contribution in [3.8, 4) is 0 Å². The third-order valence-corrected chi connectivity index (χ3v) is 18.5. The van der Waals surface area contributed by atoms with Crippen LogP contribution in [0.5, 0.6) is 0 Å². The third-order valence-electron chi connectivity index (χ3n) is 2.98. The van der Waals surface area contributed by atoms with E-state index in [9.17, 15) is 9.59 Å². The molecule has 1 radical (unpaired) electrons. The molecule has 0 aromatic rings. The van der Waals surface area contributed by atoms with Crippen molar-refractivity contribution in [2.45, 2.75) is 154 Å². The molecule has 227 valence electrons. The van der Waals surface area contributed by atoms with E-state index in [0.29, 0.717) is 6.04 Å². The van der Waals surface area contributed by atoms with Crippen LogP contribution in [0.1, 0.15) is 51.0 Å². The second-order valence-corrected chi connectivity index (χ2v) is 36.2. The zero-order valence-electron chi connectivity index (χ0n) is 23.3. The normalized spacial score (nSPS) is 12.5. The van der Waals surface area contributed by atoms with Gasteiger partial charge in [-0.25, -0.2) is 0 Å². The van der Waals surface area contributed by atoms with E-state index in [1.165, 1.54) is 0 Å². The summed E-state index contributed by atoms with van der Waals surface area (Å²) in [5, 5.41) is 0. The summed E-state index contributed by atoms with van der Waals surface area (Å²) in [5.41, 5.74) is -0.408. The molecule has 0 aliphatic carbocycles. The van der Waals surface area contributed by atoms with E-state index in [-0.39, 0.29) is 69.8 Å². The van der Waals surface area contributed by atoms with Crippen molar-refractivity contribution in [2.75, 3.05) is 0 Å². The Morgan fingerprint density at radius 2 is 0.778 bits per heavy atom. The van der Waals surface area contributed by atoms with Gasteiger partial charge in [-0.15, -0.1) is 0 Å². The van der Waals surface area contributed by atoms with Gasteiger partial charge in [-0.1, -0.05) is 37.1 Å². The van der Waals surface area contributed by atoms with Gasteiger partial charge in [0.15, 0.2) is 25.0 Å². The van der Waals surface area contributed by atoms with E-state index in [0.717, 1.165) is 0 Å². The summed E-state index contributed by atoms with van der Waals surface area (Å²) in [6.07, 6.45) is 0. The summed E-state index contributed by atoms with van der Waals surface area (Å²) in [5.74, 6) is 0. The largest absolute Gasteiger partial charge is 0.437 e. The first-order valence-corrected chi connectivity index (χ1v) is 29.2. The summed E-state index contributed by atoms with van der Waals surface area (Å²) in [7, 11) is -11.8. The molecule has 36 heavy (non-hydrogen) atoms. The minimum atomic E-state index is -2.48. The van der Waals surface area contributed by atoms with Crippen molar-refractivity contribution in [2.24, 2.45) is 0 Å². The van der Waals surface area contributed by atoms with Crippen LogP contribution in [-0.4, -0.2) is 65.8 Å². The van der Waals surface area contributed by atoms with Crippen LogP contribution in [0.25, 0.3) is 0 Å². The van der Waals surface area contributed by atoms with Gasteiger partial charge in [0.05, 0.1) is 5.60 Å². The molecule has 0 spiro atoms. The minimum Gasteiger partial charge on any atom is -0.437 e. The molecule has 0 aliphatic rings. The SMILES string of the molecule is C.C.C.C.C.CC(C)(C[Si](C)(C)O)O[Si](C)(C)O.C[Si](C)(C)O[Si](C)(C)O[Si](C)(C)O[Si](C)(C)C.[Y]. The molecule has 0 saturated carbocycles. The van der Waals surface area contributed by atoms with Crippen LogP contribution >= 0.6 is 0 Å². The molecule has 0 amide bonds. The van der Waals surface area contributed by atoms with E-state index in [1.54, 1.807) is 13.1 Å². The van der Waals surface area contributed by atoms with Crippen LogP contribution in [0.3, 0.4) is 0 Å². The Morgan fingerprint density at radius 3 is 0.944 bits per heavy atom. The first-order chi connectivity index (χ1) is 12.5. The van der Waals surface area contributed by atoms with Gasteiger partial charge in [0.1, 0.15) is 0 Å². The summed E-state index contributed by atoms with van der Waals surface area (Å²) in [4.78, 5) is 19.3. The average Bonchev–Trinajstić information content (AvgIpc) is 2.09. The second-order valence-electron chi connectivity index (χ2n) is 12.6. The zero-order chi connectivity index (χ0) is 25.0. The topological polar surface area (TPSA) is 77.4 Å². The Morgan fingerprint density at radius 1 is 0.528 bits per heavy atom. The van der Waals surface area contributed by atoms with E-state index >= 15 is 0 Å². The standard InChI is InChI=1S/C10H30O3Si4.C8H22O3Si2.5CH4.Y/c1-14(2,3)11-16(7,8)13-17(9,10)12-15(4,5)6;1-8(2,7-12(3,4)9)11-13(5,6)10;;;;;;/h1-10H3;9-10H,7H2,1-6H3;5*1H4;. The maximum Gasteiger partial charge on any atom is 0.329 e. The quantitative estimate of drug-likeness (QED) is 0.222. The van der Waals surface area contributed by atoms with Gasteiger partial charge >= 0.3 is 25.7 Å². The molecule has 0 aliphatic heterocycles. The Labute approximate surface area is 262 Å². The molecule has 2 N–H and O–H groups in total. The molecule has 0 rings (SSSR count). The van der Waals surface area contributed by atoms with Crippen molar-refractivity contribution < 1.29 is 59.1 Å². The van der Waals surface area contributed by atoms with E-state index < -0.39 is 56.2 Å².